The lowest BCUT2D eigenvalue weighted by molar-refractivity contribution is -0.142. The summed E-state index contributed by atoms with van der Waals surface area (Å²) in [6, 6.07) is 3.04. The van der Waals surface area contributed by atoms with Crippen molar-refractivity contribution < 1.29 is 112 Å². The number of H-pyrrole nitrogens is 1. The van der Waals surface area contributed by atoms with Gasteiger partial charge in [0.25, 0.3) is 0 Å². The van der Waals surface area contributed by atoms with E-state index >= 15 is 4.39 Å². The zero-order valence-corrected chi connectivity index (χ0v) is 80.2. The summed E-state index contributed by atoms with van der Waals surface area (Å²) < 4.78 is 18.8. The van der Waals surface area contributed by atoms with Crippen molar-refractivity contribution in [3.05, 3.63) is 137 Å². The molecule has 768 valence electrons. The average Bonchev–Trinajstić information content (AvgIpc) is 0.979. The zero-order valence-electron chi connectivity index (χ0n) is 80.2. The number of carboxylic acid groups (broad SMARTS) is 4. The van der Waals surface area contributed by atoms with Crippen LogP contribution >= 0.6 is 0 Å². The van der Waals surface area contributed by atoms with E-state index in [0.717, 1.165) is 167 Å². The molecule has 42 nitrogen and oxygen atoms in total. The molecule has 4 heterocycles. The Morgan fingerprint density at radius 3 is 1.41 bits per heavy atom. The summed E-state index contributed by atoms with van der Waals surface area (Å²) >= 11 is 0. The fourth-order valence-electron chi connectivity index (χ4n) is 16.5. The van der Waals surface area contributed by atoms with Crippen molar-refractivity contribution in [2.45, 2.75) is 343 Å². The van der Waals surface area contributed by atoms with E-state index in [9.17, 15) is 97.5 Å². The van der Waals surface area contributed by atoms with E-state index in [4.69, 9.17) is 21.7 Å². The van der Waals surface area contributed by atoms with Gasteiger partial charge in [-0.25, -0.2) is 18.7 Å². The number of aliphatic carboxylic acids is 4. The molecule has 21 N–H and O–H groups in total. The van der Waals surface area contributed by atoms with Gasteiger partial charge in [0.05, 0.1) is 85.0 Å². The van der Waals surface area contributed by atoms with Gasteiger partial charge in [-0.05, 0) is 126 Å². The number of hydrogen-bond donors (Lipinski definition) is 19. The summed E-state index contributed by atoms with van der Waals surface area (Å²) in [5.74, 6) is -18.0. The SMILES string of the molecule is C[C@@H](O)[C@H](NC(=O)CNC(=O)[C@H](CCC(=O)O)NC(=O)[C@@H]1CCCN1C(=O)C(N)Cc1c[nH]cn1)C(=O)NC(C)(Cc1ccccc1F)C(=O)N[C@H](C(=O)N[C@@H](CO)C(=O)N[C@@H](CC(=O)O)C(=O)N[C@@H](Cc1ccc(-n2cc(CCCCCCCCCCCCCCCC(=O)O)nn2)cc1)C(=O)N[C@@H](Cc1ccc(-n2cc(CCCCCCCCCCCCCCCC(=O)O)nn2)cc1)C(N)=O)[C@@H](C)O. The summed E-state index contributed by atoms with van der Waals surface area (Å²) in [4.78, 5) is 209. The number of rotatable bonds is 70. The molecule has 11 amide bonds. The number of aryl methyl sites for hydroxylation is 2. The molecule has 1 aliphatic rings. The number of aliphatic hydroxyl groups is 3. The number of hydrogen-bond acceptors (Lipinski definition) is 24. The fraction of sp³-hybridized carbons (Fsp3) is 0.588. The molecule has 3 aromatic carbocycles. The van der Waals surface area contributed by atoms with Crippen molar-refractivity contribution in [3.8, 4) is 11.4 Å². The summed E-state index contributed by atoms with van der Waals surface area (Å²) in [6.45, 7) is 0.932. The molecular weight excluding hydrogens is 1820 g/mol. The Morgan fingerprint density at radius 2 is 0.950 bits per heavy atom. The number of unbranched alkanes of at least 4 members (excludes halogenated alkanes) is 24. The molecule has 1 fully saturated rings. The molecule has 6 aromatic rings. The number of amides is 11. The molecular formula is C97H141FN20O22. The van der Waals surface area contributed by atoms with Crippen LogP contribution < -0.4 is 59.3 Å². The number of halogens is 1. The van der Waals surface area contributed by atoms with E-state index in [2.05, 4.69) is 78.4 Å². The van der Waals surface area contributed by atoms with Crippen LogP contribution in [-0.2, 0) is 110 Å². The summed E-state index contributed by atoms with van der Waals surface area (Å²) in [5, 5.41) is 109. The van der Waals surface area contributed by atoms with E-state index in [-0.39, 0.29) is 50.6 Å². The molecule has 0 spiro atoms. The van der Waals surface area contributed by atoms with E-state index in [1.165, 1.54) is 74.4 Å². The summed E-state index contributed by atoms with van der Waals surface area (Å²) in [7, 11) is 0. The number of benzene rings is 3. The van der Waals surface area contributed by atoms with Gasteiger partial charge in [-0.15, -0.1) is 10.2 Å². The highest BCUT2D eigenvalue weighted by atomic mass is 19.1. The number of nitrogens with one attached hydrogen (secondary N) is 10. The number of aliphatic hydroxyl groups excluding tert-OH is 3. The number of nitrogens with zero attached hydrogens (tertiary/aromatic N) is 8. The number of aromatic amines is 1. The first-order chi connectivity index (χ1) is 67.0. The molecule has 2 unspecified atom stereocenters. The van der Waals surface area contributed by atoms with Crippen LogP contribution in [0.1, 0.15) is 266 Å². The van der Waals surface area contributed by atoms with Crippen LogP contribution in [0.5, 0.6) is 0 Å². The van der Waals surface area contributed by atoms with Crippen molar-refractivity contribution in [1.82, 2.24) is 92.7 Å². The molecule has 0 saturated carbocycles. The minimum atomic E-state index is -2.45. The Hall–Kier alpha value is -13.0. The third-order valence-electron chi connectivity index (χ3n) is 24.5. The first-order valence-corrected chi connectivity index (χ1v) is 48.6. The highest BCUT2D eigenvalue weighted by Gasteiger charge is 2.44. The van der Waals surface area contributed by atoms with Gasteiger partial charge in [0.2, 0.25) is 65.0 Å². The molecule has 0 bridgehead atoms. The highest BCUT2D eigenvalue weighted by molar-refractivity contribution is 6.01. The first kappa shape index (κ1) is 114. The van der Waals surface area contributed by atoms with E-state index in [1.807, 2.05) is 6.20 Å². The second-order valence-corrected chi connectivity index (χ2v) is 36.3. The molecule has 7 rings (SSSR count). The maximum atomic E-state index is 15.6. The third kappa shape index (κ3) is 40.8. The second kappa shape index (κ2) is 60.7. The fourth-order valence-corrected chi connectivity index (χ4v) is 16.5. The first-order valence-electron chi connectivity index (χ1n) is 48.6. The monoisotopic (exact) mass is 1960 g/mol. The Morgan fingerprint density at radius 1 is 0.500 bits per heavy atom. The van der Waals surface area contributed by atoms with Crippen LogP contribution in [0.25, 0.3) is 11.4 Å². The van der Waals surface area contributed by atoms with Crippen molar-refractivity contribution in [1.29, 1.82) is 0 Å². The Kier molecular flexibility index (Phi) is 49.4. The number of carbonyl (C=O) groups is 15. The van der Waals surface area contributed by atoms with Crippen molar-refractivity contribution >= 4 is 88.9 Å². The van der Waals surface area contributed by atoms with Gasteiger partial charge < -0.3 is 105 Å². The molecule has 0 aliphatic carbocycles. The number of primary amides is 1. The lowest BCUT2D eigenvalue weighted by atomic mass is 9.90. The zero-order chi connectivity index (χ0) is 102. The van der Waals surface area contributed by atoms with Crippen LogP contribution in [0.4, 0.5) is 4.39 Å². The number of likely N-dealkylation sites (tertiary alicyclic amines) is 1. The van der Waals surface area contributed by atoms with Gasteiger partial charge in [0.15, 0.2) is 0 Å². The summed E-state index contributed by atoms with van der Waals surface area (Å²) in [5.41, 5.74) is 13.7. The lowest BCUT2D eigenvalue weighted by Gasteiger charge is -2.34. The smallest absolute Gasteiger partial charge is 0.305 e. The average molecular weight is 1960 g/mol. The summed E-state index contributed by atoms with van der Waals surface area (Å²) in [6.07, 6.45) is 29.3. The van der Waals surface area contributed by atoms with Gasteiger partial charge in [0, 0.05) is 57.7 Å². The Balaban J connectivity index is 1.00. The third-order valence-corrected chi connectivity index (χ3v) is 24.5. The van der Waals surface area contributed by atoms with Crippen LogP contribution in [0.2, 0.25) is 0 Å². The van der Waals surface area contributed by atoms with Gasteiger partial charge in [-0.3, -0.25) is 71.9 Å². The van der Waals surface area contributed by atoms with Crippen LogP contribution in [0.15, 0.2) is 97.7 Å². The van der Waals surface area contributed by atoms with Gasteiger partial charge in [-0.1, -0.05) is 194 Å². The van der Waals surface area contributed by atoms with Gasteiger partial charge in [0.1, 0.15) is 59.7 Å². The number of carboxylic acids is 4. The molecule has 140 heavy (non-hydrogen) atoms. The second-order valence-electron chi connectivity index (χ2n) is 36.3. The number of aromatic nitrogens is 8. The minimum Gasteiger partial charge on any atom is -0.481 e. The maximum Gasteiger partial charge on any atom is 0.305 e. The Bertz CT molecular complexity index is 4960. The number of imidazole rings is 1. The number of carbonyl (C=O) groups excluding carboxylic acids is 11. The van der Waals surface area contributed by atoms with Gasteiger partial charge >= 0.3 is 23.9 Å². The normalized spacial score (nSPS) is 15.0. The Labute approximate surface area is 813 Å². The quantitative estimate of drug-likeness (QED) is 0.0235. The van der Waals surface area contributed by atoms with Crippen LogP contribution in [0.3, 0.4) is 0 Å². The van der Waals surface area contributed by atoms with Crippen molar-refractivity contribution in [2.24, 2.45) is 11.5 Å². The predicted octanol–water partition coefficient (Wildman–Crippen LogP) is 4.44. The largest absolute Gasteiger partial charge is 0.481 e. The lowest BCUT2D eigenvalue weighted by Crippen LogP contribution is -2.67. The van der Waals surface area contributed by atoms with Gasteiger partial charge in [-0.2, -0.15) is 0 Å². The standard InChI is InChI=1S/C97H141FN20O22/c1-62(120)85(110-96(140)97(3,55-66-33-30-31-36-72(66)98)111-94(138)86(63(2)121)109-80(122)57-102-88(132)74(48-49-83(127)128)104-92(136)79-37-32-50-116(79)95(139)73(99)53-69-56-101-61-103-69)93(137)108-78(60-119)91(135)107-77(54-84(129)130)90(134)106-76(52-65-42-46-71(47-43-65)118-59-68(113-115-118)35-27-23-19-15-11-7-5-9-13-17-21-25-29-39-82(125)126)89(133)105-75(87(100)131)51-64-40-44-70(45-41-64)117-58-67(112-114-117)34-26-22-18-14-10-6-4-8-12-16-20-24-28-38-81(123)124/h30-31,33,36,40-47,56,58-59,61-63,73-79,85-86,119-121H,4-29,32,34-35,37-39,48-55,57,60,99H2,1-3H3,(H2,100,131)(H,101,103)(H,102,132)(H,104,136)(H,105,133)(H,106,134)(H,107,135)(H,108,137)(H,109,122)(H,110,140)(H,111,138)(H,123,124)(H,125,126)(H,127,128)(H,129,130)/t62-,63-,73?,74+,75+,76+,77+,78+,79+,85+,86+,97?/m1/s1. The topological polar surface area (TPSA) is 651 Å². The van der Waals surface area contributed by atoms with Crippen molar-refractivity contribution in [3.63, 3.8) is 0 Å². The van der Waals surface area contributed by atoms with Crippen LogP contribution in [0, 0.1) is 5.82 Å². The van der Waals surface area contributed by atoms with E-state index in [1.54, 1.807) is 70.3 Å². The maximum absolute atomic E-state index is 15.6. The molecule has 3 aromatic heterocycles. The van der Waals surface area contributed by atoms with Crippen LogP contribution in [-0.4, -0.2) is 261 Å². The molecule has 12 atom stereocenters. The molecule has 1 aliphatic heterocycles. The minimum absolute atomic E-state index is 0.0323. The molecule has 1 saturated heterocycles. The van der Waals surface area contributed by atoms with E-state index in [0.29, 0.717) is 41.0 Å². The predicted molar refractivity (Wildman–Crippen MR) is 509 cm³/mol. The van der Waals surface area contributed by atoms with Crippen molar-refractivity contribution in [2.75, 3.05) is 19.7 Å². The number of nitrogens with two attached hydrogens (primary N) is 2. The molecule has 0 radical (unpaired) electrons. The van der Waals surface area contributed by atoms with E-state index < -0.39 is 206 Å². The molecule has 43 heteroatoms. The highest BCUT2D eigenvalue weighted by Crippen LogP contribution is 2.25.